The first-order chi connectivity index (χ1) is 8.66. The van der Waals surface area contributed by atoms with Crippen LogP contribution in [0.15, 0.2) is 24.3 Å². The van der Waals surface area contributed by atoms with Gasteiger partial charge < -0.3 is 9.84 Å². The van der Waals surface area contributed by atoms with Crippen LogP contribution in [0.2, 0.25) is 0 Å². The molecule has 0 aromatic heterocycles. The highest BCUT2D eigenvalue weighted by Crippen LogP contribution is 2.53. The van der Waals surface area contributed by atoms with Crippen molar-refractivity contribution in [3.63, 3.8) is 0 Å². The van der Waals surface area contributed by atoms with E-state index in [2.05, 4.69) is 27.7 Å². The van der Waals surface area contributed by atoms with E-state index in [0.29, 0.717) is 0 Å². The number of hydrogen-bond acceptors (Lipinski definition) is 2. The fraction of sp³-hybridized carbons (Fsp3) is 0.647. The highest BCUT2D eigenvalue weighted by Gasteiger charge is 2.47. The summed E-state index contributed by atoms with van der Waals surface area (Å²) in [5, 5.41) is 11.2. The van der Waals surface area contributed by atoms with E-state index in [1.54, 1.807) is 7.11 Å². The van der Waals surface area contributed by atoms with Crippen LogP contribution in [0.4, 0.5) is 0 Å². The minimum Gasteiger partial charge on any atom is -0.497 e. The van der Waals surface area contributed by atoms with E-state index in [-0.39, 0.29) is 10.8 Å². The summed E-state index contributed by atoms with van der Waals surface area (Å²) in [6, 6.07) is 7.87. The van der Waals surface area contributed by atoms with Crippen molar-refractivity contribution < 1.29 is 9.84 Å². The van der Waals surface area contributed by atoms with Gasteiger partial charge in [-0.25, -0.2) is 0 Å². The summed E-state index contributed by atoms with van der Waals surface area (Å²) in [5.74, 6) is 0.812. The van der Waals surface area contributed by atoms with Gasteiger partial charge in [-0.3, -0.25) is 0 Å². The van der Waals surface area contributed by atoms with Gasteiger partial charge in [-0.05, 0) is 47.8 Å². The number of ether oxygens (including phenoxy) is 1. The van der Waals surface area contributed by atoms with Gasteiger partial charge in [0.15, 0.2) is 0 Å². The Morgan fingerprint density at radius 3 is 2.11 bits per heavy atom. The van der Waals surface area contributed by atoms with Gasteiger partial charge in [0.05, 0.1) is 12.7 Å². The second-order valence-electron chi connectivity index (χ2n) is 7.62. The standard InChI is InChI=1S/C17H26O2/c1-15(2)10-16(3,4)12-17(18,11-15)13-7-6-8-14(9-13)19-5/h6-9,18H,10-12H2,1-5H3. The van der Waals surface area contributed by atoms with E-state index in [9.17, 15) is 5.11 Å². The average Bonchev–Trinajstić information content (AvgIpc) is 2.24. The third-order valence-corrected chi connectivity index (χ3v) is 4.11. The largest absolute Gasteiger partial charge is 0.497 e. The summed E-state index contributed by atoms with van der Waals surface area (Å²) in [5.41, 5.74) is 0.534. The molecule has 0 spiro atoms. The van der Waals surface area contributed by atoms with Crippen molar-refractivity contribution in [1.29, 1.82) is 0 Å². The molecule has 2 heteroatoms. The van der Waals surface area contributed by atoms with E-state index in [1.165, 1.54) is 0 Å². The lowest BCUT2D eigenvalue weighted by Gasteiger charge is -2.49. The minimum atomic E-state index is -0.750. The third kappa shape index (κ3) is 3.11. The molecule has 0 atom stereocenters. The Labute approximate surface area is 116 Å². The van der Waals surface area contributed by atoms with Crippen LogP contribution in [-0.4, -0.2) is 12.2 Å². The van der Waals surface area contributed by atoms with Crippen molar-refractivity contribution in [2.24, 2.45) is 10.8 Å². The molecule has 0 bridgehead atoms. The molecule has 0 unspecified atom stereocenters. The number of rotatable bonds is 2. The van der Waals surface area contributed by atoms with Crippen LogP contribution in [0, 0.1) is 10.8 Å². The van der Waals surface area contributed by atoms with Crippen molar-refractivity contribution in [1.82, 2.24) is 0 Å². The van der Waals surface area contributed by atoms with Gasteiger partial charge in [0.1, 0.15) is 5.75 Å². The lowest BCUT2D eigenvalue weighted by molar-refractivity contribution is -0.0913. The van der Waals surface area contributed by atoms with E-state index < -0.39 is 5.60 Å². The Balaban J connectivity index is 2.40. The van der Waals surface area contributed by atoms with Crippen LogP contribution in [0.1, 0.15) is 52.5 Å². The molecular formula is C17H26O2. The first-order valence-corrected chi connectivity index (χ1v) is 7.03. The smallest absolute Gasteiger partial charge is 0.119 e. The van der Waals surface area contributed by atoms with E-state index >= 15 is 0 Å². The first kappa shape index (κ1) is 14.4. The quantitative estimate of drug-likeness (QED) is 0.868. The normalized spacial score (nSPS) is 23.9. The van der Waals surface area contributed by atoms with Gasteiger partial charge in [0.2, 0.25) is 0 Å². The van der Waals surface area contributed by atoms with E-state index in [1.807, 2.05) is 24.3 Å². The zero-order chi connectivity index (χ0) is 14.3. The predicted octanol–water partition coefficient (Wildman–Crippen LogP) is 4.12. The first-order valence-electron chi connectivity index (χ1n) is 7.03. The fourth-order valence-electron chi connectivity index (χ4n) is 4.18. The topological polar surface area (TPSA) is 29.5 Å². The third-order valence-electron chi connectivity index (χ3n) is 4.11. The zero-order valence-corrected chi connectivity index (χ0v) is 12.8. The molecule has 0 amide bonds. The van der Waals surface area contributed by atoms with Crippen LogP contribution in [0.3, 0.4) is 0 Å². The molecule has 1 N–H and O–H groups in total. The SMILES string of the molecule is COc1cccc(C2(O)CC(C)(C)CC(C)(C)C2)c1. The molecule has 1 aliphatic rings. The van der Waals surface area contributed by atoms with Crippen molar-refractivity contribution in [2.75, 3.05) is 7.11 Å². The Morgan fingerprint density at radius 2 is 1.58 bits per heavy atom. The van der Waals surface area contributed by atoms with Gasteiger partial charge in [-0.2, -0.15) is 0 Å². The average molecular weight is 262 g/mol. The minimum absolute atomic E-state index is 0.152. The van der Waals surface area contributed by atoms with Gasteiger partial charge in [0.25, 0.3) is 0 Å². The second kappa shape index (κ2) is 4.52. The molecule has 1 saturated carbocycles. The lowest BCUT2D eigenvalue weighted by atomic mass is 9.58. The predicted molar refractivity (Wildman–Crippen MR) is 78.3 cm³/mol. The second-order valence-corrected chi connectivity index (χ2v) is 7.62. The lowest BCUT2D eigenvalue weighted by Crippen LogP contribution is -2.44. The van der Waals surface area contributed by atoms with Crippen molar-refractivity contribution >= 4 is 0 Å². The van der Waals surface area contributed by atoms with Gasteiger partial charge >= 0.3 is 0 Å². The molecule has 0 saturated heterocycles. The molecule has 1 aromatic carbocycles. The molecular weight excluding hydrogens is 236 g/mol. The highest BCUT2D eigenvalue weighted by atomic mass is 16.5. The van der Waals surface area contributed by atoms with Crippen LogP contribution in [0.5, 0.6) is 5.75 Å². The van der Waals surface area contributed by atoms with Gasteiger partial charge in [-0.1, -0.05) is 39.8 Å². The van der Waals surface area contributed by atoms with Gasteiger partial charge in [0, 0.05) is 0 Å². The Morgan fingerprint density at radius 1 is 1.00 bits per heavy atom. The highest BCUT2D eigenvalue weighted by molar-refractivity contribution is 5.33. The molecule has 0 heterocycles. The number of benzene rings is 1. The molecule has 0 aliphatic heterocycles. The van der Waals surface area contributed by atoms with Crippen LogP contribution in [0.25, 0.3) is 0 Å². The molecule has 1 aliphatic carbocycles. The summed E-state index contributed by atoms with van der Waals surface area (Å²) >= 11 is 0. The zero-order valence-electron chi connectivity index (χ0n) is 12.8. The van der Waals surface area contributed by atoms with Crippen molar-refractivity contribution in [2.45, 2.75) is 52.6 Å². The maximum atomic E-state index is 11.2. The Hall–Kier alpha value is -1.02. The van der Waals surface area contributed by atoms with Gasteiger partial charge in [-0.15, -0.1) is 0 Å². The van der Waals surface area contributed by atoms with Crippen molar-refractivity contribution in [3.05, 3.63) is 29.8 Å². The maximum absolute atomic E-state index is 11.2. The Bertz CT molecular complexity index is 444. The molecule has 19 heavy (non-hydrogen) atoms. The van der Waals surface area contributed by atoms with Crippen LogP contribution >= 0.6 is 0 Å². The molecule has 2 rings (SSSR count). The van der Waals surface area contributed by atoms with Crippen molar-refractivity contribution in [3.8, 4) is 5.75 Å². The molecule has 0 radical (unpaired) electrons. The summed E-state index contributed by atoms with van der Waals surface area (Å²) in [4.78, 5) is 0. The summed E-state index contributed by atoms with van der Waals surface area (Å²) in [7, 11) is 1.66. The summed E-state index contributed by atoms with van der Waals surface area (Å²) in [6.07, 6.45) is 2.75. The molecule has 1 fully saturated rings. The molecule has 1 aromatic rings. The summed E-state index contributed by atoms with van der Waals surface area (Å²) < 4.78 is 5.28. The molecule has 106 valence electrons. The summed E-state index contributed by atoms with van der Waals surface area (Å²) in [6.45, 7) is 9.00. The monoisotopic (exact) mass is 262 g/mol. The number of hydrogen-bond donors (Lipinski definition) is 1. The number of aliphatic hydroxyl groups is 1. The van der Waals surface area contributed by atoms with Crippen LogP contribution in [-0.2, 0) is 5.60 Å². The van der Waals surface area contributed by atoms with E-state index in [4.69, 9.17) is 4.74 Å². The van der Waals surface area contributed by atoms with E-state index in [0.717, 1.165) is 30.6 Å². The van der Waals surface area contributed by atoms with Crippen LogP contribution < -0.4 is 4.74 Å². The maximum Gasteiger partial charge on any atom is 0.119 e. The Kier molecular flexibility index (Phi) is 3.42. The fourth-order valence-corrected chi connectivity index (χ4v) is 4.18. The number of methoxy groups -OCH3 is 1. The molecule has 2 nitrogen and oxygen atoms in total.